The first-order valence-electron chi connectivity index (χ1n) is 14.2. The number of rotatable bonds is 13. The summed E-state index contributed by atoms with van der Waals surface area (Å²) in [6, 6.07) is 44.5. The standard InChI is InChI=1S/C31H35NP2.C5H6.2ClH.Ru/c1-2-23-32(24-26-33(28-15-7-3-8-16-28)29-17-9-4-10-18-29)25-27-34(30-19-11-5-12-20-30)31-21-13-6-14-22-31;1-4-5(2)3;;;/h3-22H,2,23-27H2,1H3;4H,2H2,3H3;2*1H;/q;;;;+2/p-2. The topological polar surface area (TPSA) is 3.24 Å². The maximum absolute atomic E-state index is 5.45. The van der Waals surface area contributed by atoms with Gasteiger partial charge in [-0.2, -0.15) is 0 Å². The molecule has 0 saturated heterocycles. The van der Waals surface area contributed by atoms with E-state index in [0.717, 1.165) is 18.7 Å². The van der Waals surface area contributed by atoms with E-state index >= 15 is 0 Å². The number of hydrogen-bond acceptors (Lipinski definition) is 1. The van der Waals surface area contributed by atoms with Crippen molar-refractivity contribution < 1.29 is 13.5 Å². The van der Waals surface area contributed by atoms with Gasteiger partial charge in [0, 0.05) is 13.1 Å². The SMILES string of the molecule is C=C(C)C=[C]=[Ru]([Cl])[Cl].CCCN(CCP(c1ccccc1)c1ccccc1)CCP(c1ccccc1)c1ccccc1. The second-order valence-electron chi connectivity index (χ2n) is 9.76. The van der Waals surface area contributed by atoms with Crippen LogP contribution in [0.4, 0.5) is 0 Å². The summed E-state index contributed by atoms with van der Waals surface area (Å²) in [4.78, 5) is 2.71. The third-order valence-electron chi connectivity index (χ3n) is 6.47. The quantitative estimate of drug-likeness (QED) is 0.0762. The van der Waals surface area contributed by atoms with Gasteiger partial charge < -0.3 is 4.90 Å². The minimum atomic E-state index is -1.68. The van der Waals surface area contributed by atoms with Crippen molar-refractivity contribution in [3.8, 4) is 0 Å². The Hall–Kier alpha value is -1.71. The number of hydrogen-bond donors (Lipinski definition) is 0. The van der Waals surface area contributed by atoms with Crippen LogP contribution in [-0.2, 0) is 13.5 Å². The van der Waals surface area contributed by atoms with E-state index in [1.165, 1.54) is 46.5 Å². The van der Waals surface area contributed by atoms with Crippen molar-refractivity contribution in [2.75, 3.05) is 32.0 Å². The van der Waals surface area contributed by atoms with E-state index in [0.29, 0.717) is 0 Å². The first kappa shape index (κ1) is 34.8. The third-order valence-corrected chi connectivity index (χ3v) is 13.0. The summed E-state index contributed by atoms with van der Waals surface area (Å²) in [5.74, 6) is 0. The molecule has 0 aliphatic carbocycles. The van der Waals surface area contributed by atoms with Crippen molar-refractivity contribution in [3.63, 3.8) is 0 Å². The molecule has 0 saturated carbocycles. The fourth-order valence-corrected chi connectivity index (χ4v) is 10.3. The fourth-order valence-electron chi connectivity index (χ4n) is 4.51. The van der Waals surface area contributed by atoms with E-state index in [2.05, 4.69) is 144 Å². The Balaban J connectivity index is 0.000000531. The van der Waals surface area contributed by atoms with Crippen LogP contribution in [0.1, 0.15) is 20.3 Å². The van der Waals surface area contributed by atoms with Gasteiger partial charge in [0.1, 0.15) is 0 Å². The normalized spacial score (nSPS) is 11.1. The van der Waals surface area contributed by atoms with Crippen LogP contribution >= 0.6 is 35.2 Å². The summed E-state index contributed by atoms with van der Waals surface area (Å²) in [6.07, 6.45) is 5.33. The molecule has 0 fully saturated rings. The Morgan fingerprint density at radius 2 is 1.00 bits per heavy atom. The van der Waals surface area contributed by atoms with Gasteiger partial charge in [0.05, 0.1) is 0 Å². The Morgan fingerprint density at radius 1 is 0.667 bits per heavy atom. The van der Waals surface area contributed by atoms with Crippen molar-refractivity contribution in [1.29, 1.82) is 0 Å². The first-order chi connectivity index (χ1) is 20.5. The zero-order chi connectivity index (χ0) is 30.0. The molecule has 0 aliphatic rings. The maximum atomic E-state index is 5.45. The van der Waals surface area contributed by atoms with Gasteiger partial charge >= 0.3 is 62.3 Å². The molecule has 1 nitrogen and oxygen atoms in total. The van der Waals surface area contributed by atoms with E-state index in [1.807, 2.05) is 6.92 Å². The van der Waals surface area contributed by atoms with E-state index in [9.17, 15) is 0 Å². The minimum Gasteiger partial charge on any atom is -0.303 e. The van der Waals surface area contributed by atoms with E-state index in [1.54, 1.807) is 6.08 Å². The van der Waals surface area contributed by atoms with Crippen LogP contribution in [0.2, 0.25) is 0 Å². The van der Waals surface area contributed by atoms with Gasteiger partial charge in [-0.15, -0.1) is 0 Å². The van der Waals surface area contributed by atoms with Gasteiger partial charge in [0.15, 0.2) is 0 Å². The van der Waals surface area contributed by atoms with Gasteiger partial charge in [-0.3, -0.25) is 0 Å². The zero-order valence-electron chi connectivity index (χ0n) is 24.5. The van der Waals surface area contributed by atoms with Crippen molar-refractivity contribution >= 4 is 60.7 Å². The molecule has 0 aromatic heterocycles. The summed E-state index contributed by atoms with van der Waals surface area (Å²) >= 11 is -1.68. The summed E-state index contributed by atoms with van der Waals surface area (Å²) in [5, 5.41) is 5.93. The molecule has 42 heavy (non-hydrogen) atoms. The molecular formula is C36H41Cl2NP2Ru. The van der Waals surface area contributed by atoms with Gasteiger partial charge in [-0.05, 0) is 62.4 Å². The molecule has 222 valence electrons. The molecule has 4 aromatic rings. The summed E-state index contributed by atoms with van der Waals surface area (Å²) in [6.45, 7) is 11.3. The largest absolute Gasteiger partial charge is 0.303 e. The number of nitrogens with zero attached hydrogens (tertiary/aromatic N) is 1. The van der Waals surface area contributed by atoms with Crippen molar-refractivity contribution in [3.05, 3.63) is 140 Å². The predicted molar refractivity (Wildman–Crippen MR) is 191 cm³/mol. The molecule has 0 radical (unpaired) electrons. The Morgan fingerprint density at radius 3 is 1.24 bits per heavy atom. The zero-order valence-corrected chi connectivity index (χ0v) is 29.6. The Kier molecular flexibility index (Phi) is 16.8. The molecular weight excluding hydrogens is 680 g/mol. The molecule has 0 unspecified atom stereocenters. The molecule has 0 atom stereocenters. The van der Waals surface area contributed by atoms with Crippen LogP contribution in [0.25, 0.3) is 0 Å². The van der Waals surface area contributed by atoms with Crippen molar-refractivity contribution in [2.24, 2.45) is 0 Å². The smallest absolute Gasteiger partial charge is 0.00268 e. The number of allylic oxidation sites excluding steroid dienone is 2. The summed E-state index contributed by atoms with van der Waals surface area (Å²) in [7, 11) is 10.2. The van der Waals surface area contributed by atoms with Gasteiger partial charge in [0.25, 0.3) is 0 Å². The van der Waals surface area contributed by atoms with Crippen molar-refractivity contribution in [2.45, 2.75) is 20.3 Å². The fraction of sp³-hybridized carbons (Fsp3) is 0.222. The molecule has 0 spiro atoms. The van der Waals surface area contributed by atoms with Crippen LogP contribution in [0, 0.1) is 0 Å². The van der Waals surface area contributed by atoms with Crippen LogP contribution < -0.4 is 21.2 Å². The van der Waals surface area contributed by atoms with Crippen LogP contribution in [0.5, 0.6) is 0 Å². The molecule has 4 aromatic carbocycles. The predicted octanol–water partition coefficient (Wildman–Crippen LogP) is 8.41. The van der Waals surface area contributed by atoms with E-state index in [-0.39, 0.29) is 15.8 Å². The molecule has 0 bridgehead atoms. The molecule has 0 heterocycles. The van der Waals surface area contributed by atoms with E-state index in [4.69, 9.17) is 19.4 Å². The van der Waals surface area contributed by atoms with Crippen LogP contribution in [0.15, 0.2) is 140 Å². The van der Waals surface area contributed by atoms with Gasteiger partial charge in [0.2, 0.25) is 0 Å². The monoisotopic (exact) mass is 721 g/mol. The van der Waals surface area contributed by atoms with E-state index < -0.39 is 13.5 Å². The van der Waals surface area contributed by atoms with Crippen molar-refractivity contribution in [1.82, 2.24) is 4.90 Å². The second-order valence-corrected chi connectivity index (χ2v) is 19.8. The first-order valence-corrected chi connectivity index (χ1v) is 22.6. The summed E-state index contributed by atoms with van der Waals surface area (Å²) < 4.78 is 2.79. The number of halogens is 2. The van der Waals surface area contributed by atoms with Gasteiger partial charge in [-0.1, -0.05) is 128 Å². The molecule has 0 aliphatic heterocycles. The van der Waals surface area contributed by atoms with Gasteiger partial charge in [-0.25, -0.2) is 0 Å². The molecule has 4 rings (SSSR count). The molecule has 0 N–H and O–H groups in total. The Bertz CT molecular complexity index is 1210. The van der Waals surface area contributed by atoms with Crippen LogP contribution in [0.3, 0.4) is 0 Å². The number of benzene rings is 4. The minimum absolute atomic E-state index is 0.344. The molecule has 6 heteroatoms. The third kappa shape index (κ3) is 12.9. The van der Waals surface area contributed by atoms with Crippen LogP contribution in [-0.4, -0.2) is 41.1 Å². The summed E-state index contributed by atoms with van der Waals surface area (Å²) in [5.41, 5.74) is 0.935. The average Bonchev–Trinajstić information content (AvgIpc) is 3.02. The maximum Gasteiger partial charge on any atom is 0.00268 e. The average molecular weight is 722 g/mol. The molecule has 0 amide bonds. The Labute approximate surface area is 269 Å². The second kappa shape index (κ2) is 20.3.